The first-order valence-corrected chi connectivity index (χ1v) is 10.4. The fourth-order valence-corrected chi connectivity index (χ4v) is 4.53. The number of thioether (sulfide) groups is 2. The van der Waals surface area contributed by atoms with Crippen molar-refractivity contribution in [2.24, 2.45) is 0 Å². The van der Waals surface area contributed by atoms with Crippen LogP contribution in [0, 0.1) is 5.82 Å². The van der Waals surface area contributed by atoms with Crippen molar-refractivity contribution in [1.29, 1.82) is 0 Å². The number of hydrogen-bond donors (Lipinski definition) is 0. The lowest BCUT2D eigenvalue weighted by molar-refractivity contribution is -0.128. The third kappa shape index (κ3) is 4.40. The van der Waals surface area contributed by atoms with Crippen molar-refractivity contribution in [3.05, 3.63) is 30.1 Å². The highest BCUT2D eigenvalue weighted by Gasteiger charge is 2.21. The van der Waals surface area contributed by atoms with Gasteiger partial charge in [0, 0.05) is 31.9 Å². The molecule has 1 aliphatic heterocycles. The molecule has 5 nitrogen and oxygen atoms in total. The molecule has 1 aromatic heterocycles. The van der Waals surface area contributed by atoms with Crippen LogP contribution in [0.25, 0.3) is 0 Å². The molecule has 1 aromatic carbocycles. The molecular formula is C15H17FN4OS3. The van der Waals surface area contributed by atoms with E-state index >= 15 is 0 Å². The van der Waals surface area contributed by atoms with Crippen LogP contribution in [0.3, 0.4) is 0 Å². The Morgan fingerprint density at radius 2 is 1.96 bits per heavy atom. The van der Waals surface area contributed by atoms with Gasteiger partial charge in [-0.15, -0.1) is 0 Å². The maximum atomic E-state index is 13.0. The minimum absolute atomic E-state index is 0.125. The summed E-state index contributed by atoms with van der Waals surface area (Å²) < 4.78 is 18.0. The van der Waals surface area contributed by atoms with Gasteiger partial charge in [0.2, 0.25) is 11.1 Å². The lowest BCUT2D eigenvalue weighted by Crippen LogP contribution is -2.49. The number of nitrogens with zero attached hydrogens (tertiary/aromatic N) is 4. The summed E-state index contributed by atoms with van der Waals surface area (Å²) >= 11 is 4.28. The van der Waals surface area contributed by atoms with E-state index in [4.69, 9.17) is 0 Å². The third-order valence-electron chi connectivity index (χ3n) is 3.71. The fourth-order valence-electron chi connectivity index (χ4n) is 2.42. The van der Waals surface area contributed by atoms with Crippen LogP contribution in [0.15, 0.2) is 33.8 Å². The number of hydrogen-bond acceptors (Lipinski definition) is 7. The highest BCUT2D eigenvalue weighted by atomic mass is 32.2. The first-order chi connectivity index (χ1) is 11.7. The normalized spacial score (nSPS) is 14.9. The second kappa shape index (κ2) is 8.17. The zero-order valence-electron chi connectivity index (χ0n) is 13.1. The van der Waals surface area contributed by atoms with E-state index in [0.29, 0.717) is 18.8 Å². The van der Waals surface area contributed by atoms with E-state index in [-0.39, 0.29) is 11.7 Å². The minimum Gasteiger partial charge on any atom is -0.368 e. The van der Waals surface area contributed by atoms with Crippen molar-refractivity contribution in [2.45, 2.75) is 9.50 Å². The van der Waals surface area contributed by atoms with Gasteiger partial charge in [-0.25, -0.2) is 9.37 Å². The molecule has 1 fully saturated rings. The van der Waals surface area contributed by atoms with Gasteiger partial charge in [0.15, 0.2) is 4.34 Å². The molecule has 3 rings (SSSR count). The van der Waals surface area contributed by atoms with Crippen molar-refractivity contribution < 1.29 is 9.18 Å². The van der Waals surface area contributed by atoms with E-state index in [1.54, 1.807) is 12.1 Å². The molecule has 0 aliphatic carbocycles. The number of amides is 1. The lowest BCUT2D eigenvalue weighted by atomic mass is 10.2. The van der Waals surface area contributed by atoms with Crippen LogP contribution in [0.5, 0.6) is 0 Å². The second-order valence-electron chi connectivity index (χ2n) is 5.18. The molecule has 0 N–H and O–H groups in total. The van der Waals surface area contributed by atoms with E-state index in [9.17, 15) is 9.18 Å². The summed E-state index contributed by atoms with van der Waals surface area (Å²) in [7, 11) is 0. The SMILES string of the molecule is CSc1nsc(SCC(=O)N2CCN(c3ccc(F)cc3)CC2)n1. The van der Waals surface area contributed by atoms with Gasteiger partial charge in [-0.2, -0.15) is 4.37 Å². The summed E-state index contributed by atoms with van der Waals surface area (Å²) in [6, 6.07) is 6.49. The average Bonchev–Trinajstić information content (AvgIpc) is 3.09. The first kappa shape index (κ1) is 17.5. The average molecular weight is 385 g/mol. The number of anilines is 1. The Labute approximate surface area is 152 Å². The highest BCUT2D eigenvalue weighted by Crippen LogP contribution is 2.24. The van der Waals surface area contributed by atoms with Gasteiger partial charge in [-0.1, -0.05) is 23.5 Å². The Morgan fingerprint density at radius 3 is 2.58 bits per heavy atom. The molecule has 0 bridgehead atoms. The maximum Gasteiger partial charge on any atom is 0.233 e. The Hall–Kier alpha value is -1.32. The van der Waals surface area contributed by atoms with Crippen molar-refractivity contribution in [2.75, 3.05) is 43.1 Å². The number of carbonyl (C=O) groups excluding carboxylic acids is 1. The smallest absolute Gasteiger partial charge is 0.233 e. The fraction of sp³-hybridized carbons (Fsp3) is 0.400. The standard InChI is InChI=1S/C15H17FN4OS3/c1-22-14-17-15(24-18-14)23-10-13(21)20-8-6-19(7-9-20)12-4-2-11(16)3-5-12/h2-5H,6-10H2,1H3. The molecule has 1 saturated heterocycles. The second-order valence-corrected chi connectivity index (χ2v) is 7.93. The van der Waals surface area contributed by atoms with Gasteiger partial charge < -0.3 is 9.80 Å². The molecule has 0 spiro atoms. The van der Waals surface area contributed by atoms with Crippen LogP contribution >= 0.6 is 35.1 Å². The van der Waals surface area contributed by atoms with Gasteiger partial charge in [-0.05, 0) is 42.1 Å². The van der Waals surface area contributed by atoms with E-state index in [2.05, 4.69) is 14.3 Å². The Morgan fingerprint density at radius 1 is 1.25 bits per heavy atom. The van der Waals surface area contributed by atoms with E-state index in [1.807, 2.05) is 11.2 Å². The number of aromatic nitrogens is 2. The molecule has 1 amide bonds. The highest BCUT2D eigenvalue weighted by molar-refractivity contribution is 8.01. The monoisotopic (exact) mass is 384 g/mol. The van der Waals surface area contributed by atoms with E-state index in [0.717, 1.165) is 28.3 Å². The van der Waals surface area contributed by atoms with Crippen LogP contribution in [0.1, 0.15) is 0 Å². The van der Waals surface area contributed by atoms with E-state index < -0.39 is 0 Å². The topological polar surface area (TPSA) is 49.3 Å². The molecule has 1 aliphatic rings. The van der Waals surface area contributed by atoms with Crippen LogP contribution in [0.4, 0.5) is 10.1 Å². The number of piperazine rings is 1. The summed E-state index contributed by atoms with van der Waals surface area (Å²) in [6.07, 6.45) is 1.93. The lowest BCUT2D eigenvalue weighted by Gasteiger charge is -2.36. The summed E-state index contributed by atoms with van der Waals surface area (Å²) in [6.45, 7) is 2.89. The van der Waals surface area contributed by atoms with Gasteiger partial charge in [0.25, 0.3) is 0 Å². The van der Waals surface area contributed by atoms with Gasteiger partial charge in [0.1, 0.15) is 5.82 Å². The molecule has 24 heavy (non-hydrogen) atoms. The van der Waals surface area contributed by atoms with Crippen LogP contribution in [-0.4, -0.2) is 58.4 Å². The third-order valence-corrected chi connectivity index (χ3v) is 6.20. The van der Waals surface area contributed by atoms with Crippen molar-refractivity contribution in [3.8, 4) is 0 Å². The largest absolute Gasteiger partial charge is 0.368 e. The molecule has 2 heterocycles. The summed E-state index contributed by atoms with van der Waals surface area (Å²) in [5, 5.41) is 0.753. The van der Waals surface area contributed by atoms with Crippen molar-refractivity contribution >= 4 is 46.7 Å². The van der Waals surface area contributed by atoms with Gasteiger partial charge in [0.05, 0.1) is 5.75 Å². The molecular weight excluding hydrogens is 367 g/mol. The van der Waals surface area contributed by atoms with Crippen LogP contribution in [0.2, 0.25) is 0 Å². The number of rotatable bonds is 5. The van der Waals surface area contributed by atoms with Crippen LogP contribution < -0.4 is 4.90 Å². The minimum atomic E-state index is -0.231. The molecule has 128 valence electrons. The zero-order valence-corrected chi connectivity index (χ0v) is 15.6. The maximum absolute atomic E-state index is 13.0. The van der Waals surface area contributed by atoms with Crippen LogP contribution in [-0.2, 0) is 4.79 Å². The zero-order chi connectivity index (χ0) is 16.9. The summed E-state index contributed by atoms with van der Waals surface area (Å²) in [5.74, 6) is 0.282. The molecule has 9 heteroatoms. The van der Waals surface area contributed by atoms with Gasteiger partial charge in [-0.3, -0.25) is 4.79 Å². The first-order valence-electron chi connectivity index (χ1n) is 7.44. The summed E-state index contributed by atoms with van der Waals surface area (Å²) in [4.78, 5) is 20.7. The number of benzene rings is 1. The quantitative estimate of drug-likeness (QED) is 0.739. The van der Waals surface area contributed by atoms with Gasteiger partial charge >= 0.3 is 0 Å². The molecule has 0 atom stereocenters. The number of carbonyl (C=O) groups is 1. The van der Waals surface area contributed by atoms with Crippen molar-refractivity contribution in [3.63, 3.8) is 0 Å². The Kier molecular flexibility index (Phi) is 5.96. The predicted molar refractivity (Wildman–Crippen MR) is 97.6 cm³/mol. The Bertz CT molecular complexity index is 686. The Balaban J connectivity index is 1.47. The number of halogens is 1. The summed E-state index contributed by atoms with van der Waals surface area (Å²) in [5.41, 5.74) is 0.997. The molecule has 0 saturated carbocycles. The van der Waals surface area contributed by atoms with Crippen molar-refractivity contribution in [1.82, 2.24) is 14.3 Å². The van der Waals surface area contributed by atoms with E-state index in [1.165, 1.54) is 47.2 Å². The molecule has 2 aromatic rings. The molecule has 0 unspecified atom stereocenters. The molecule has 0 radical (unpaired) electrons. The predicted octanol–water partition coefficient (Wildman–Crippen LogP) is 2.84.